The number of hydrogen-bond acceptors (Lipinski definition) is 6. The molecule has 6 heteroatoms. The van der Waals surface area contributed by atoms with Crippen molar-refractivity contribution in [3.63, 3.8) is 0 Å². The van der Waals surface area contributed by atoms with E-state index in [1.165, 1.54) is 24.9 Å². The molecule has 6 rings (SSSR count). The highest BCUT2D eigenvalue weighted by Gasteiger charge is 2.78. The number of anilines is 1. The number of fused-ring (bicyclic) bond motifs is 2. The molecule has 0 radical (unpaired) electrons. The van der Waals surface area contributed by atoms with Crippen LogP contribution >= 0.6 is 0 Å². The second-order valence-electron chi connectivity index (χ2n) is 11.0. The first-order valence-electron chi connectivity index (χ1n) is 12.4. The Balaban J connectivity index is 1.13. The zero-order valence-electron chi connectivity index (χ0n) is 19.6. The van der Waals surface area contributed by atoms with E-state index in [1.807, 2.05) is 12.1 Å². The molecule has 0 bridgehead atoms. The maximum atomic E-state index is 13.0. The predicted molar refractivity (Wildman–Crippen MR) is 122 cm³/mol. The molecule has 0 N–H and O–H groups in total. The van der Waals surface area contributed by atoms with Crippen molar-refractivity contribution in [2.24, 2.45) is 23.2 Å². The summed E-state index contributed by atoms with van der Waals surface area (Å²) in [6.45, 7) is 9.39. The minimum Gasteiger partial charge on any atom is -0.497 e. The lowest BCUT2D eigenvalue weighted by Crippen LogP contribution is -2.55. The van der Waals surface area contributed by atoms with Crippen molar-refractivity contribution >= 4 is 11.7 Å². The second-order valence-corrected chi connectivity index (χ2v) is 11.0. The van der Waals surface area contributed by atoms with Crippen LogP contribution in [-0.4, -0.2) is 68.5 Å². The average Bonchev–Trinajstić information content (AvgIpc) is 3.48. The summed E-state index contributed by atoms with van der Waals surface area (Å²) in [5.74, 6) is 1.66. The number of benzene rings is 1. The molecular weight excluding hydrogens is 404 g/mol. The Hall–Kier alpha value is -1.79. The van der Waals surface area contributed by atoms with Crippen molar-refractivity contribution in [2.45, 2.75) is 57.3 Å². The van der Waals surface area contributed by atoms with E-state index in [4.69, 9.17) is 14.2 Å². The number of carbonyl (C=O) groups is 1. The monoisotopic (exact) mass is 440 g/mol. The molecule has 0 unspecified atom stereocenters. The summed E-state index contributed by atoms with van der Waals surface area (Å²) in [4.78, 5) is 17.9. The van der Waals surface area contributed by atoms with Gasteiger partial charge in [0.25, 0.3) is 0 Å². The molecule has 174 valence electrons. The van der Waals surface area contributed by atoms with Crippen LogP contribution < -0.4 is 9.64 Å². The molecule has 2 saturated carbocycles. The van der Waals surface area contributed by atoms with Crippen molar-refractivity contribution in [2.75, 3.05) is 44.7 Å². The molecule has 3 aliphatic heterocycles. The van der Waals surface area contributed by atoms with E-state index in [0.29, 0.717) is 5.92 Å². The van der Waals surface area contributed by atoms with Gasteiger partial charge in [-0.05, 0) is 37.3 Å². The van der Waals surface area contributed by atoms with Crippen LogP contribution in [0.2, 0.25) is 0 Å². The van der Waals surface area contributed by atoms with Crippen LogP contribution in [-0.2, 0) is 14.3 Å². The summed E-state index contributed by atoms with van der Waals surface area (Å²) in [5.41, 5.74) is 1.35. The third kappa shape index (κ3) is 2.95. The van der Waals surface area contributed by atoms with E-state index in [1.54, 1.807) is 7.11 Å². The molecule has 2 aliphatic carbocycles. The number of epoxide rings is 1. The standard InChI is InChI=1S/C26H36N2O4/c1-17-6-5-9-25(2)15-21-22(23-26(17,25)32-23)20(24(29)31-21)16-27-10-12-28(13-11-27)18-7-4-8-19(14-18)30-3/h4,7-8,14,17,20-23H,5-6,9-13,15-16H2,1-3H3/t17-,20-,21+,22+,23+,25+,26-/m0/s1. The van der Waals surface area contributed by atoms with Crippen molar-refractivity contribution in [1.82, 2.24) is 4.90 Å². The molecule has 7 atom stereocenters. The van der Waals surface area contributed by atoms with E-state index in [9.17, 15) is 4.79 Å². The number of ether oxygens (including phenoxy) is 3. The third-order valence-electron chi connectivity index (χ3n) is 9.44. The van der Waals surface area contributed by atoms with Crippen LogP contribution in [0.4, 0.5) is 5.69 Å². The van der Waals surface area contributed by atoms with E-state index in [-0.39, 0.29) is 41.0 Å². The van der Waals surface area contributed by atoms with Gasteiger partial charge in [0, 0.05) is 55.8 Å². The van der Waals surface area contributed by atoms with Gasteiger partial charge < -0.3 is 19.1 Å². The molecule has 3 saturated heterocycles. The summed E-state index contributed by atoms with van der Waals surface area (Å²) in [6, 6.07) is 8.27. The van der Waals surface area contributed by atoms with Gasteiger partial charge in [0.15, 0.2) is 0 Å². The summed E-state index contributed by atoms with van der Waals surface area (Å²) < 4.78 is 18.0. The van der Waals surface area contributed by atoms with Crippen LogP contribution in [0.3, 0.4) is 0 Å². The molecule has 32 heavy (non-hydrogen) atoms. The van der Waals surface area contributed by atoms with Gasteiger partial charge in [-0.15, -0.1) is 0 Å². The Morgan fingerprint density at radius 2 is 2.03 bits per heavy atom. The number of rotatable bonds is 4. The highest BCUT2D eigenvalue weighted by Crippen LogP contribution is 2.70. The minimum atomic E-state index is -0.0496. The zero-order valence-corrected chi connectivity index (χ0v) is 19.6. The third-order valence-corrected chi connectivity index (χ3v) is 9.44. The topological polar surface area (TPSA) is 54.5 Å². The maximum Gasteiger partial charge on any atom is 0.311 e. The lowest BCUT2D eigenvalue weighted by molar-refractivity contribution is -0.146. The van der Waals surface area contributed by atoms with E-state index in [0.717, 1.165) is 44.9 Å². The first-order chi connectivity index (χ1) is 15.4. The minimum absolute atomic E-state index is 0.00998. The second kappa shape index (κ2) is 7.36. The number of carbonyl (C=O) groups excluding carboxylic acids is 1. The summed E-state index contributed by atoms with van der Waals surface area (Å²) >= 11 is 0. The number of methoxy groups -OCH3 is 1. The fraction of sp³-hybridized carbons (Fsp3) is 0.731. The SMILES string of the molecule is COc1cccc(N2CCN(C[C@@H]3C(=O)O[C@@H]4C[C@@]5(C)CCC[C@H](C)[C@@]56O[C@@H]6[C@H]34)CC2)c1. The first kappa shape index (κ1) is 20.8. The van der Waals surface area contributed by atoms with Crippen molar-refractivity contribution in [3.8, 4) is 5.75 Å². The Morgan fingerprint density at radius 3 is 2.81 bits per heavy atom. The first-order valence-corrected chi connectivity index (χ1v) is 12.4. The quantitative estimate of drug-likeness (QED) is 0.529. The van der Waals surface area contributed by atoms with Gasteiger partial charge in [0.2, 0.25) is 0 Å². The van der Waals surface area contributed by atoms with Crippen LogP contribution in [0.1, 0.15) is 39.5 Å². The van der Waals surface area contributed by atoms with Crippen molar-refractivity contribution in [3.05, 3.63) is 24.3 Å². The molecular formula is C26H36N2O4. The maximum absolute atomic E-state index is 13.0. The van der Waals surface area contributed by atoms with Crippen LogP contribution in [0, 0.1) is 23.2 Å². The van der Waals surface area contributed by atoms with Crippen LogP contribution in [0.5, 0.6) is 5.75 Å². The highest BCUT2D eigenvalue weighted by atomic mass is 16.6. The largest absolute Gasteiger partial charge is 0.497 e. The summed E-state index contributed by atoms with van der Waals surface area (Å²) in [6.07, 6.45) is 4.94. The van der Waals surface area contributed by atoms with Crippen LogP contribution in [0.15, 0.2) is 24.3 Å². The summed E-state index contributed by atoms with van der Waals surface area (Å²) in [7, 11) is 1.71. The van der Waals surface area contributed by atoms with Crippen molar-refractivity contribution in [1.29, 1.82) is 0 Å². The van der Waals surface area contributed by atoms with Gasteiger partial charge in [-0.3, -0.25) is 9.69 Å². The molecule has 1 aromatic rings. The van der Waals surface area contributed by atoms with Crippen molar-refractivity contribution < 1.29 is 19.0 Å². The Morgan fingerprint density at radius 1 is 1.22 bits per heavy atom. The lowest BCUT2D eigenvalue weighted by Gasteiger charge is -2.49. The average molecular weight is 441 g/mol. The highest BCUT2D eigenvalue weighted by molar-refractivity contribution is 5.76. The molecule has 0 amide bonds. The zero-order chi connectivity index (χ0) is 22.1. The van der Waals surface area contributed by atoms with Gasteiger partial charge in [0.1, 0.15) is 17.5 Å². The van der Waals surface area contributed by atoms with E-state index in [2.05, 4.69) is 35.8 Å². The molecule has 1 aromatic carbocycles. The summed E-state index contributed by atoms with van der Waals surface area (Å²) in [5, 5.41) is 0. The molecule has 0 aromatic heterocycles. The van der Waals surface area contributed by atoms with Gasteiger partial charge in [0.05, 0.1) is 19.1 Å². The fourth-order valence-corrected chi connectivity index (χ4v) is 7.72. The molecule has 5 aliphatic rings. The number of hydrogen-bond donors (Lipinski definition) is 0. The van der Waals surface area contributed by atoms with Crippen LogP contribution in [0.25, 0.3) is 0 Å². The predicted octanol–water partition coefficient (Wildman–Crippen LogP) is 3.34. The normalized spacial score (nSPS) is 43.2. The molecule has 6 nitrogen and oxygen atoms in total. The van der Waals surface area contributed by atoms with Gasteiger partial charge >= 0.3 is 5.97 Å². The Labute approximate surface area is 191 Å². The number of piperazine rings is 1. The smallest absolute Gasteiger partial charge is 0.311 e. The van der Waals surface area contributed by atoms with Gasteiger partial charge in [-0.25, -0.2) is 0 Å². The van der Waals surface area contributed by atoms with E-state index >= 15 is 0 Å². The van der Waals surface area contributed by atoms with E-state index < -0.39 is 0 Å². The lowest BCUT2D eigenvalue weighted by atomic mass is 9.53. The van der Waals surface area contributed by atoms with Gasteiger partial charge in [-0.2, -0.15) is 0 Å². The molecule has 3 heterocycles. The molecule has 5 fully saturated rings. The number of nitrogens with zero attached hydrogens (tertiary/aromatic N) is 2. The molecule has 1 spiro atoms. The number of esters is 1. The van der Waals surface area contributed by atoms with Gasteiger partial charge in [-0.1, -0.05) is 26.3 Å². The fourth-order valence-electron chi connectivity index (χ4n) is 7.72. The Bertz CT molecular complexity index is 900. The Kier molecular flexibility index (Phi) is 4.78.